The molecule has 0 radical (unpaired) electrons. The molecular weight excluding hydrogens is 385 g/mol. The van der Waals surface area contributed by atoms with Crippen molar-refractivity contribution in [3.8, 4) is 0 Å². The van der Waals surface area contributed by atoms with Crippen LogP contribution >= 0.6 is 22.6 Å². The van der Waals surface area contributed by atoms with Gasteiger partial charge in [0.1, 0.15) is 0 Å². The number of likely N-dealkylation sites (tertiary alicyclic amines) is 1. The fraction of sp³-hybridized carbons (Fsp3) is 1.00. The lowest BCUT2D eigenvalue weighted by Crippen LogP contribution is -2.53. The van der Waals surface area contributed by atoms with Crippen LogP contribution in [0.15, 0.2) is 0 Å². The monoisotopic (exact) mass is 419 g/mol. The van der Waals surface area contributed by atoms with Gasteiger partial charge in [-0.25, -0.2) is 0 Å². The lowest BCUT2D eigenvalue weighted by atomic mass is 9.57. The van der Waals surface area contributed by atoms with Crippen molar-refractivity contribution >= 4 is 22.6 Å². The highest BCUT2D eigenvalue weighted by atomic mass is 127. The maximum atomic E-state index is 2.73. The molecule has 1 saturated carbocycles. The highest BCUT2D eigenvalue weighted by Gasteiger charge is 2.46. The van der Waals surface area contributed by atoms with Crippen LogP contribution in [0, 0.1) is 11.3 Å². The molecule has 3 fully saturated rings. The Bertz CT molecular complexity index is 345. The molecule has 0 aromatic carbocycles. The molecule has 1 unspecified atom stereocenters. The van der Waals surface area contributed by atoms with Gasteiger partial charge in [0, 0.05) is 38.8 Å². The van der Waals surface area contributed by atoms with E-state index in [0.717, 1.165) is 17.4 Å². The molecule has 1 spiro atoms. The van der Waals surface area contributed by atoms with Crippen molar-refractivity contribution in [2.45, 2.75) is 56.5 Å². The van der Waals surface area contributed by atoms with Crippen molar-refractivity contribution in [1.29, 1.82) is 0 Å². The summed E-state index contributed by atoms with van der Waals surface area (Å²) in [6.07, 6.45) is 5.94. The largest absolute Gasteiger partial charge is 0.301 e. The average Bonchev–Trinajstić information content (AvgIpc) is 2.46. The maximum Gasteiger partial charge on any atom is 0.0589 e. The Balaban J connectivity index is 1.36. The SMILES string of the molecule is CC(C)N1CCN(CC2CC3(CCN(C(C)I)CC3)C2)CC1. The Labute approximate surface area is 150 Å². The molecule has 4 heteroatoms. The Morgan fingerprint density at radius 2 is 1.50 bits per heavy atom. The second kappa shape index (κ2) is 7.24. The highest BCUT2D eigenvalue weighted by Crippen LogP contribution is 2.53. The Hall–Kier alpha value is 0.610. The topological polar surface area (TPSA) is 9.72 Å². The second-order valence-electron chi connectivity index (χ2n) is 8.31. The van der Waals surface area contributed by atoms with Crippen LogP contribution in [0.5, 0.6) is 0 Å². The van der Waals surface area contributed by atoms with Crippen LogP contribution in [0.2, 0.25) is 0 Å². The summed E-state index contributed by atoms with van der Waals surface area (Å²) < 4.78 is 0.711. The molecule has 0 aromatic heterocycles. The molecule has 2 heterocycles. The highest BCUT2D eigenvalue weighted by molar-refractivity contribution is 14.1. The van der Waals surface area contributed by atoms with E-state index in [2.05, 4.69) is 58.1 Å². The van der Waals surface area contributed by atoms with Gasteiger partial charge in [-0.1, -0.05) is 22.6 Å². The van der Waals surface area contributed by atoms with Gasteiger partial charge >= 0.3 is 0 Å². The fourth-order valence-corrected chi connectivity index (χ4v) is 5.44. The first-order valence-electron chi connectivity index (χ1n) is 9.32. The number of hydrogen-bond acceptors (Lipinski definition) is 3. The molecule has 128 valence electrons. The number of piperazine rings is 1. The van der Waals surface area contributed by atoms with Gasteiger partial charge in [0.15, 0.2) is 0 Å². The van der Waals surface area contributed by atoms with Gasteiger partial charge in [-0.2, -0.15) is 0 Å². The molecule has 3 aliphatic rings. The summed E-state index contributed by atoms with van der Waals surface area (Å²) in [6.45, 7) is 16.2. The van der Waals surface area contributed by atoms with E-state index >= 15 is 0 Å². The predicted molar refractivity (Wildman–Crippen MR) is 103 cm³/mol. The van der Waals surface area contributed by atoms with Crippen LogP contribution in [-0.2, 0) is 0 Å². The quantitative estimate of drug-likeness (QED) is 0.394. The molecule has 22 heavy (non-hydrogen) atoms. The zero-order chi connectivity index (χ0) is 15.7. The number of nitrogens with zero attached hydrogens (tertiary/aromatic N) is 3. The van der Waals surface area contributed by atoms with E-state index in [-0.39, 0.29) is 0 Å². The minimum Gasteiger partial charge on any atom is -0.301 e. The summed E-state index contributed by atoms with van der Waals surface area (Å²) in [5.74, 6) is 0.995. The molecular formula is C18H34IN3. The number of halogens is 1. The van der Waals surface area contributed by atoms with Crippen LogP contribution in [0.3, 0.4) is 0 Å². The van der Waals surface area contributed by atoms with Crippen molar-refractivity contribution in [3.63, 3.8) is 0 Å². The van der Waals surface area contributed by atoms with Crippen molar-refractivity contribution < 1.29 is 0 Å². The van der Waals surface area contributed by atoms with Crippen LogP contribution in [-0.4, -0.2) is 70.6 Å². The molecule has 2 aliphatic heterocycles. The van der Waals surface area contributed by atoms with Gasteiger partial charge in [-0.15, -0.1) is 0 Å². The van der Waals surface area contributed by atoms with E-state index in [4.69, 9.17) is 0 Å². The van der Waals surface area contributed by atoms with Crippen LogP contribution in [0.4, 0.5) is 0 Å². The first-order chi connectivity index (χ1) is 10.5. The van der Waals surface area contributed by atoms with E-state index in [9.17, 15) is 0 Å². The molecule has 3 nitrogen and oxygen atoms in total. The Kier molecular flexibility index (Phi) is 5.74. The Morgan fingerprint density at radius 3 is 2.00 bits per heavy atom. The van der Waals surface area contributed by atoms with E-state index in [1.54, 1.807) is 0 Å². The third kappa shape index (κ3) is 3.98. The molecule has 0 bridgehead atoms. The van der Waals surface area contributed by atoms with Crippen LogP contribution in [0.1, 0.15) is 46.5 Å². The first kappa shape index (κ1) is 17.4. The minimum atomic E-state index is 0.711. The van der Waals surface area contributed by atoms with Crippen molar-refractivity contribution in [2.24, 2.45) is 11.3 Å². The molecule has 0 N–H and O–H groups in total. The number of rotatable bonds is 4. The zero-order valence-corrected chi connectivity index (χ0v) is 16.9. The molecule has 0 aromatic rings. The van der Waals surface area contributed by atoms with Crippen molar-refractivity contribution in [3.05, 3.63) is 0 Å². The van der Waals surface area contributed by atoms with E-state index in [1.807, 2.05) is 0 Å². The van der Waals surface area contributed by atoms with Gasteiger partial charge in [0.2, 0.25) is 0 Å². The molecule has 2 saturated heterocycles. The minimum absolute atomic E-state index is 0.711. The van der Waals surface area contributed by atoms with E-state index in [0.29, 0.717) is 4.05 Å². The normalized spacial score (nSPS) is 29.9. The van der Waals surface area contributed by atoms with Gasteiger partial charge < -0.3 is 4.90 Å². The molecule has 1 atom stereocenters. The molecule has 0 amide bonds. The number of alkyl halides is 1. The van der Waals surface area contributed by atoms with Gasteiger partial charge in [0.25, 0.3) is 0 Å². The summed E-state index contributed by atoms with van der Waals surface area (Å²) >= 11 is 2.57. The predicted octanol–water partition coefficient (Wildman–Crippen LogP) is 3.29. The third-order valence-corrected chi connectivity index (χ3v) is 7.25. The smallest absolute Gasteiger partial charge is 0.0589 e. The maximum absolute atomic E-state index is 2.73. The number of piperidine rings is 1. The zero-order valence-electron chi connectivity index (χ0n) is 14.7. The first-order valence-corrected chi connectivity index (χ1v) is 10.6. The van der Waals surface area contributed by atoms with Crippen molar-refractivity contribution in [1.82, 2.24) is 14.7 Å². The second-order valence-corrected chi connectivity index (χ2v) is 10.1. The van der Waals surface area contributed by atoms with Crippen LogP contribution < -0.4 is 0 Å². The lowest BCUT2D eigenvalue weighted by molar-refractivity contribution is -0.0317. The van der Waals surface area contributed by atoms with Crippen LogP contribution in [0.25, 0.3) is 0 Å². The van der Waals surface area contributed by atoms with Gasteiger partial charge in [0.05, 0.1) is 4.05 Å². The average molecular weight is 419 g/mol. The summed E-state index contributed by atoms with van der Waals surface area (Å²) in [7, 11) is 0. The summed E-state index contributed by atoms with van der Waals surface area (Å²) in [6, 6.07) is 0.722. The Morgan fingerprint density at radius 1 is 0.909 bits per heavy atom. The molecule has 1 aliphatic carbocycles. The third-order valence-electron chi connectivity index (χ3n) is 6.46. The summed E-state index contributed by atoms with van der Waals surface area (Å²) in [4.78, 5) is 8.02. The van der Waals surface area contributed by atoms with Gasteiger partial charge in [-0.05, 0) is 70.9 Å². The van der Waals surface area contributed by atoms with E-state index < -0.39 is 0 Å². The fourth-order valence-electron chi connectivity index (χ4n) is 4.88. The van der Waals surface area contributed by atoms with Gasteiger partial charge in [-0.3, -0.25) is 9.80 Å². The van der Waals surface area contributed by atoms with Crippen molar-refractivity contribution in [2.75, 3.05) is 45.8 Å². The van der Waals surface area contributed by atoms with E-state index in [1.165, 1.54) is 71.5 Å². The lowest BCUT2D eigenvalue weighted by Gasteiger charge is -2.54. The standard InChI is InChI=1S/C18H34IN3/c1-15(2)21-10-8-20(9-11-21)14-17-12-18(13-17)4-6-22(7-5-18)16(3)19/h15-17H,4-14H2,1-3H3. The summed E-state index contributed by atoms with van der Waals surface area (Å²) in [5.41, 5.74) is 0.743. The molecule has 3 rings (SSSR count). The summed E-state index contributed by atoms with van der Waals surface area (Å²) in [5, 5.41) is 0. The number of hydrogen-bond donors (Lipinski definition) is 0.